The van der Waals surface area contributed by atoms with Crippen LogP contribution in [0, 0.1) is 0 Å². The predicted molar refractivity (Wildman–Crippen MR) is 89.1 cm³/mol. The number of nitrogens with one attached hydrogen (secondary N) is 1. The topological polar surface area (TPSA) is 47.6 Å². The van der Waals surface area contributed by atoms with Crippen molar-refractivity contribution in [1.82, 2.24) is 5.32 Å². The van der Waals surface area contributed by atoms with Gasteiger partial charge >= 0.3 is 0 Å². The first-order valence-electron chi connectivity index (χ1n) is 7.90. The van der Waals surface area contributed by atoms with Crippen molar-refractivity contribution in [2.45, 2.75) is 26.2 Å². The minimum atomic E-state index is -0.0407. The second-order valence-corrected chi connectivity index (χ2v) is 5.97. The van der Waals surface area contributed by atoms with Gasteiger partial charge in [-0.1, -0.05) is 32.0 Å². The summed E-state index contributed by atoms with van der Waals surface area (Å²) in [5.74, 6) is 1.99. The van der Waals surface area contributed by atoms with Crippen molar-refractivity contribution in [3.63, 3.8) is 0 Å². The van der Waals surface area contributed by atoms with Crippen molar-refractivity contribution in [3.8, 4) is 11.5 Å². The summed E-state index contributed by atoms with van der Waals surface area (Å²) < 4.78 is 10.6. The zero-order valence-corrected chi connectivity index (χ0v) is 13.5. The summed E-state index contributed by atoms with van der Waals surface area (Å²) in [6, 6.07) is 13.7. The van der Waals surface area contributed by atoms with Gasteiger partial charge in [-0.25, -0.2) is 0 Å². The molecule has 0 aliphatic carbocycles. The number of carbonyl (C=O) groups excluding carboxylic acids is 1. The van der Waals surface area contributed by atoms with E-state index in [2.05, 4.69) is 19.2 Å². The van der Waals surface area contributed by atoms with Gasteiger partial charge < -0.3 is 14.8 Å². The van der Waals surface area contributed by atoms with Gasteiger partial charge in [0.2, 0.25) is 6.79 Å². The third-order valence-corrected chi connectivity index (χ3v) is 3.98. The van der Waals surface area contributed by atoms with Crippen molar-refractivity contribution >= 4 is 5.91 Å². The monoisotopic (exact) mass is 311 g/mol. The first-order valence-corrected chi connectivity index (χ1v) is 7.90. The van der Waals surface area contributed by atoms with Gasteiger partial charge in [0.1, 0.15) is 0 Å². The summed E-state index contributed by atoms with van der Waals surface area (Å²) in [5.41, 5.74) is 3.05. The largest absolute Gasteiger partial charge is 0.454 e. The fourth-order valence-corrected chi connectivity index (χ4v) is 2.54. The van der Waals surface area contributed by atoms with Crippen molar-refractivity contribution in [3.05, 3.63) is 59.2 Å². The molecule has 3 rings (SSSR count). The highest BCUT2D eigenvalue weighted by atomic mass is 16.7. The maximum absolute atomic E-state index is 12.1. The molecule has 0 bridgehead atoms. The molecule has 0 saturated carbocycles. The smallest absolute Gasteiger partial charge is 0.251 e. The molecule has 1 aliphatic heterocycles. The minimum Gasteiger partial charge on any atom is -0.454 e. The van der Waals surface area contributed by atoms with Gasteiger partial charge in [-0.15, -0.1) is 0 Å². The molecular formula is C19H21NO3. The van der Waals surface area contributed by atoms with Crippen LogP contribution in [0.5, 0.6) is 11.5 Å². The van der Waals surface area contributed by atoms with Crippen molar-refractivity contribution < 1.29 is 14.3 Å². The lowest BCUT2D eigenvalue weighted by atomic mass is 10.0. The average Bonchev–Trinajstić information content (AvgIpc) is 3.02. The maximum Gasteiger partial charge on any atom is 0.251 e. The van der Waals surface area contributed by atoms with Crippen LogP contribution in [0.1, 0.15) is 41.3 Å². The van der Waals surface area contributed by atoms with Crippen molar-refractivity contribution in [2.24, 2.45) is 0 Å². The summed E-state index contributed by atoms with van der Waals surface area (Å²) in [4.78, 5) is 12.1. The third-order valence-electron chi connectivity index (χ3n) is 3.98. The Labute approximate surface area is 136 Å². The molecule has 0 radical (unpaired) electrons. The number of carbonyl (C=O) groups is 1. The third kappa shape index (κ3) is 3.65. The Morgan fingerprint density at radius 2 is 1.83 bits per heavy atom. The van der Waals surface area contributed by atoms with E-state index in [0.717, 1.165) is 23.5 Å². The van der Waals surface area contributed by atoms with E-state index in [0.29, 0.717) is 18.0 Å². The highest BCUT2D eigenvalue weighted by Crippen LogP contribution is 2.32. The molecule has 2 aromatic carbocycles. The lowest BCUT2D eigenvalue weighted by molar-refractivity contribution is 0.0954. The Morgan fingerprint density at radius 3 is 2.57 bits per heavy atom. The molecule has 4 heteroatoms. The summed E-state index contributed by atoms with van der Waals surface area (Å²) in [6.45, 7) is 5.15. The molecule has 23 heavy (non-hydrogen) atoms. The number of hydrogen-bond acceptors (Lipinski definition) is 3. The molecule has 0 fully saturated rings. The van der Waals surface area contributed by atoms with Gasteiger partial charge in [0, 0.05) is 12.1 Å². The van der Waals surface area contributed by atoms with E-state index in [-0.39, 0.29) is 12.7 Å². The second-order valence-electron chi connectivity index (χ2n) is 5.97. The summed E-state index contributed by atoms with van der Waals surface area (Å²) in [6.07, 6.45) is 0.756. The first-order chi connectivity index (χ1) is 11.1. The van der Waals surface area contributed by atoms with Crippen LogP contribution in [0.25, 0.3) is 0 Å². The molecule has 0 saturated heterocycles. The van der Waals surface area contributed by atoms with Crippen LogP contribution in [-0.2, 0) is 6.42 Å². The highest BCUT2D eigenvalue weighted by Gasteiger charge is 2.13. The molecule has 4 nitrogen and oxygen atoms in total. The summed E-state index contributed by atoms with van der Waals surface area (Å²) >= 11 is 0. The van der Waals surface area contributed by atoms with Crippen LogP contribution in [0.15, 0.2) is 42.5 Å². The number of amides is 1. The molecule has 2 aromatic rings. The van der Waals surface area contributed by atoms with E-state index in [1.165, 1.54) is 5.56 Å². The average molecular weight is 311 g/mol. The lowest BCUT2D eigenvalue weighted by Crippen LogP contribution is -2.25. The minimum absolute atomic E-state index is 0.0407. The zero-order valence-electron chi connectivity index (χ0n) is 13.5. The van der Waals surface area contributed by atoms with Gasteiger partial charge in [-0.2, -0.15) is 0 Å². The number of hydrogen-bond donors (Lipinski definition) is 1. The normalized spacial score (nSPS) is 12.5. The highest BCUT2D eigenvalue weighted by molar-refractivity contribution is 5.94. The van der Waals surface area contributed by atoms with E-state index in [1.807, 2.05) is 42.5 Å². The standard InChI is InChI=1S/C19H21NO3/c1-13(2)15-4-6-16(7-5-15)19(21)20-10-9-14-3-8-17-18(11-14)23-12-22-17/h3-8,11,13H,9-10,12H2,1-2H3,(H,20,21). The SMILES string of the molecule is CC(C)c1ccc(C(=O)NCCc2ccc3c(c2)OCO3)cc1. The Bertz CT molecular complexity index is 692. The molecule has 0 atom stereocenters. The lowest BCUT2D eigenvalue weighted by Gasteiger charge is -2.08. The molecule has 1 amide bonds. The number of fused-ring (bicyclic) bond motifs is 1. The van der Waals surface area contributed by atoms with E-state index < -0.39 is 0 Å². The van der Waals surface area contributed by atoms with Crippen LogP contribution >= 0.6 is 0 Å². The van der Waals surface area contributed by atoms with Gasteiger partial charge in [-0.3, -0.25) is 4.79 Å². The van der Waals surface area contributed by atoms with Crippen molar-refractivity contribution in [1.29, 1.82) is 0 Å². The van der Waals surface area contributed by atoms with E-state index in [9.17, 15) is 4.79 Å². The van der Waals surface area contributed by atoms with E-state index in [1.54, 1.807) is 0 Å². The Hall–Kier alpha value is -2.49. The van der Waals surface area contributed by atoms with Gasteiger partial charge in [-0.05, 0) is 47.7 Å². The van der Waals surface area contributed by atoms with E-state index in [4.69, 9.17) is 9.47 Å². The Kier molecular flexibility index (Phi) is 4.51. The van der Waals surface area contributed by atoms with Crippen LogP contribution < -0.4 is 14.8 Å². The Morgan fingerprint density at radius 1 is 1.09 bits per heavy atom. The molecule has 120 valence electrons. The molecular weight excluding hydrogens is 290 g/mol. The molecule has 0 aromatic heterocycles. The van der Waals surface area contributed by atoms with Crippen molar-refractivity contribution in [2.75, 3.05) is 13.3 Å². The molecule has 0 spiro atoms. The van der Waals surface area contributed by atoms with Crippen LogP contribution in [0.4, 0.5) is 0 Å². The zero-order chi connectivity index (χ0) is 16.2. The maximum atomic E-state index is 12.1. The Balaban J connectivity index is 1.53. The van der Waals surface area contributed by atoms with E-state index >= 15 is 0 Å². The molecule has 1 aliphatic rings. The van der Waals surface area contributed by atoms with Crippen LogP contribution in [-0.4, -0.2) is 19.2 Å². The molecule has 1 heterocycles. The first kappa shape index (κ1) is 15.4. The summed E-state index contributed by atoms with van der Waals surface area (Å²) in [5, 5.41) is 2.95. The quantitative estimate of drug-likeness (QED) is 0.919. The summed E-state index contributed by atoms with van der Waals surface area (Å²) in [7, 11) is 0. The van der Waals surface area contributed by atoms with Crippen LogP contribution in [0.2, 0.25) is 0 Å². The number of ether oxygens (including phenoxy) is 2. The molecule has 0 unspecified atom stereocenters. The second kappa shape index (κ2) is 6.73. The molecule has 1 N–H and O–H groups in total. The fraction of sp³-hybridized carbons (Fsp3) is 0.316. The fourth-order valence-electron chi connectivity index (χ4n) is 2.54. The van der Waals surface area contributed by atoms with Gasteiger partial charge in [0.05, 0.1) is 0 Å². The van der Waals surface area contributed by atoms with Crippen LogP contribution in [0.3, 0.4) is 0 Å². The predicted octanol–water partition coefficient (Wildman–Crippen LogP) is 3.51. The van der Waals surface area contributed by atoms with Gasteiger partial charge in [0.25, 0.3) is 5.91 Å². The van der Waals surface area contributed by atoms with Gasteiger partial charge in [0.15, 0.2) is 11.5 Å². The number of benzene rings is 2. The number of rotatable bonds is 5.